The van der Waals surface area contributed by atoms with Gasteiger partial charge in [0.1, 0.15) is 6.61 Å². The number of aliphatic hydroxyl groups excluding tert-OH is 1. The molecule has 0 saturated heterocycles. The van der Waals surface area contributed by atoms with E-state index in [0.29, 0.717) is 12.8 Å². The van der Waals surface area contributed by atoms with Crippen LogP contribution in [0.3, 0.4) is 0 Å². The molecule has 0 rings (SSSR count). The van der Waals surface area contributed by atoms with Gasteiger partial charge >= 0.3 is 11.9 Å². The van der Waals surface area contributed by atoms with Crippen molar-refractivity contribution in [1.29, 1.82) is 0 Å². The van der Waals surface area contributed by atoms with Crippen molar-refractivity contribution >= 4 is 11.9 Å². The van der Waals surface area contributed by atoms with E-state index in [9.17, 15) is 14.7 Å². The van der Waals surface area contributed by atoms with E-state index >= 15 is 0 Å². The summed E-state index contributed by atoms with van der Waals surface area (Å²) in [5.41, 5.74) is 0. The number of hydrogen-bond donors (Lipinski definition) is 1. The molecule has 0 aromatic rings. The first-order chi connectivity index (χ1) is 23.6. The van der Waals surface area contributed by atoms with Crippen molar-refractivity contribution in [3.05, 3.63) is 122 Å². The number of rotatable bonds is 30. The highest BCUT2D eigenvalue weighted by atomic mass is 16.6. The zero-order valence-corrected chi connectivity index (χ0v) is 29.9. The summed E-state index contributed by atoms with van der Waals surface area (Å²) in [4.78, 5) is 24.2. The Hall–Kier alpha value is -3.70. The molecule has 0 amide bonds. The first kappa shape index (κ1) is 44.3. The zero-order valence-electron chi connectivity index (χ0n) is 29.9. The summed E-state index contributed by atoms with van der Waals surface area (Å²) in [5.74, 6) is -0.754. The average Bonchev–Trinajstić information content (AvgIpc) is 3.09. The van der Waals surface area contributed by atoms with E-state index in [1.54, 1.807) is 0 Å². The van der Waals surface area contributed by atoms with E-state index in [1.807, 2.05) is 12.2 Å². The fraction of sp³-hybridized carbons (Fsp3) is 0.488. The summed E-state index contributed by atoms with van der Waals surface area (Å²) in [7, 11) is 0. The van der Waals surface area contributed by atoms with Crippen molar-refractivity contribution in [3.63, 3.8) is 0 Å². The number of aliphatic hydroxyl groups is 1. The van der Waals surface area contributed by atoms with Crippen LogP contribution in [0.15, 0.2) is 122 Å². The van der Waals surface area contributed by atoms with Gasteiger partial charge in [-0.2, -0.15) is 0 Å². The van der Waals surface area contributed by atoms with E-state index in [0.717, 1.165) is 83.5 Å². The van der Waals surface area contributed by atoms with Crippen LogP contribution in [-0.2, 0) is 19.1 Å². The number of ether oxygens (including phenoxy) is 2. The van der Waals surface area contributed by atoms with Gasteiger partial charge in [-0.1, -0.05) is 135 Å². The smallest absolute Gasteiger partial charge is 0.306 e. The lowest BCUT2D eigenvalue weighted by Gasteiger charge is -2.15. The summed E-state index contributed by atoms with van der Waals surface area (Å²) in [6.45, 7) is 3.77. The maximum absolute atomic E-state index is 12.1. The molecule has 0 aromatic heterocycles. The highest BCUT2D eigenvalue weighted by Gasteiger charge is 2.15. The van der Waals surface area contributed by atoms with Crippen LogP contribution >= 0.6 is 0 Å². The third-order valence-electron chi connectivity index (χ3n) is 6.76. The first-order valence-electron chi connectivity index (χ1n) is 18.1. The molecular formula is C43H64O5. The van der Waals surface area contributed by atoms with Crippen LogP contribution < -0.4 is 0 Å². The molecule has 1 N–H and O–H groups in total. The van der Waals surface area contributed by atoms with Gasteiger partial charge in [-0.15, -0.1) is 0 Å². The van der Waals surface area contributed by atoms with E-state index in [4.69, 9.17) is 9.47 Å². The Kier molecular flexibility index (Phi) is 34.8. The molecule has 0 radical (unpaired) electrons. The largest absolute Gasteiger partial charge is 0.462 e. The number of allylic oxidation sites excluding steroid dienone is 20. The zero-order chi connectivity index (χ0) is 35.0. The van der Waals surface area contributed by atoms with E-state index in [2.05, 4.69) is 123 Å². The van der Waals surface area contributed by atoms with Gasteiger partial charge in [0.2, 0.25) is 0 Å². The highest BCUT2D eigenvalue weighted by molar-refractivity contribution is 5.70. The van der Waals surface area contributed by atoms with Crippen molar-refractivity contribution in [2.45, 2.75) is 123 Å². The Labute approximate surface area is 293 Å². The quantitative estimate of drug-likeness (QED) is 0.0471. The molecule has 0 heterocycles. The SMILES string of the molecule is CC/C=C/C/C=C/C/C=C/C/C=C/C/C=C/C/C=C/CCC(=O)O[C@@H](CO)COC(=O)CCCC/C=C/C/C=C/C/C=C/C/C=C/CC. The molecule has 0 aliphatic carbocycles. The lowest BCUT2D eigenvalue weighted by molar-refractivity contribution is -0.161. The van der Waals surface area contributed by atoms with Gasteiger partial charge in [-0.25, -0.2) is 0 Å². The van der Waals surface area contributed by atoms with Gasteiger partial charge < -0.3 is 14.6 Å². The van der Waals surface area contributed by atoms with Gasteiger partial charge in [-0.3, -0.25) is 9.59 Å². The predicted octanol–water partition coefficient (Wildman–Crippen LogP) is 11.3. The Morgan fingerprint density at radius 1 is 0.479 bits per heavy atom. The molecule has 0 aliphatic rings. The predicted molar refractivity (Wildman–Crippen MR) is 205 cm³/mol. The Morgan fingerprint density at radius 3 is 1.25 bits per heavy atom. The molecule has 5 heteroatoms. The van der Waals surface area contributed by atoms with Gasteiger partial charge in [0.15, 0.2) is 6.10 Å². The third-order valence-corrected chi connectivity index (χ3v) is 6.76. The monoisotopic (exact) mass is 660 g/mol. The van der Waals surface area contributed by atoms with E-state index in [1.165, 1.54) is 0 Å². The molecule has 0 aliphatic heterocycles. The molecular weight excluding hydrogens is 596 g/mol. The van der Waals surface area contributed by atoms with Crippen molar-refractivity contribution < 1.29 is 24.2 Å². The third kappa shape index (κ3) is 35.2. The van der Waals surface area contributed by atoms with Crippen LogP contribution in [-0.4, -0.2) is 36.4 Å². The molecule has 0 unspecified atom stereocenters. The van der Waals surface area contributed by atoms with Gasteiger partial charge in [-0.05, 0) is 89.9 Å². The van der Waals surface area contributed by atoms with E-state index < -0.39 is 12.1 Å². The number of hydrogen-bond acceptors (Lipinski definition) is 5. The number of carbonyl (C=O) groups is 2. The maximum Gasteiger partial charge on any atom is 0.306 e. The van der Waals surface area contributed by atoms with Crippen LogP contribution in [0.1, 0.15) is 117 Å². The number of unbranched alkanes of at least 4 members (excludes halogenated alkanes) is 2. The fourth-order valence-corrected chi connectivity index (χ4v) is 4.10. The van der Waals surface area contributed by atoms with Crippen molar-refractivity contribution in [2.75, 3.05) is 13.2 Å². The lowest BCUT2D eigenvalue weighted by atomic mass is 10.2. The molecule has 1 atom stereocenters. The molecule has 0 bridgehead atoms. The summed E-state index contributed by atoms with van der Waals surface area (Å²) in [6, 6.07) is 0. The van der Waals surface area contributed by atoms with Crippen LogP contribution in [0.5, 0.6) is 0 Å². The molecule has 0 spiro atoms. The second kappa shape index (κ2) is 37.8. The molecule has 5 nitrogen and oxygen atoms in total. The minimum Gasteiger partial charge on any atom is -0.462 e. The Morgan fingerprint density at radius 2 is 0.854 bits per heavy atom. The van der Waals surface area contributed by atoms with Gasteiger partial charge in [0.05, 0.1) is 6.61 Å². The summed E-state index contributed by atoms with van der Waals surface area (Å²) in [5, 5.41) is 9.52. The molecule has 0 saturated carbocycles. The summed E-state index contributed by atoms with van der Waals surface area (Å²) < 4.78 is 10.5. The Bertz CT molecular complexity index is 1060. The first-order valence-corrected chi connectivity index (χ1v) is 18.1. The van der Waals surface area contributed by atoms with E-state index in [-0.39, 0.29) is 25.6 Å². The van der Waals surface area contributed by atoms with Crippen LogP contribution in [0.2, 0.25) is 0 Å². The average molecular weight is 661 g/mol. The number of carbonyl (C=O) groups excluding carboxylic acids is 2. The van der Waals surface area contributed by atoms with Crippen LogP contribution in [0.4, 0.5) is 0 Å². The molecule has 0 aromatic carbocycles. The topological polar surface area (TPSA) is 72.8 Å². The van der Waals surface area contributed by atoms with Gasteiger partial charge in [0.25, 0.3) is 0 Å². The normalized spacial score (nSPS) is 13.6. The lowest BCUT2D eigenvalue weighted by Crippen LogP contribution is -2.28. The minimum absolute atomic E-state index is 0.127. The van der Waals surface area contributed by atoms with Crippen molar-refractivity contribution in [2.24, 2.45) is 0 Å². The summed E-state index contributed by atoms with van der Waals surface area (Å²) in [6.07, 6.45) is 55.5. The molecule has 48 heavy (non-hydrogen) atoms. The highest BCUT2D eigenvalue weighted by Crippen LogP contribution is 2.06. The van der Waals surface area contributed by atoms with Crippen molar-refractivity contribution in [3.8, 4) is 0 Å². The second-order valence-electron chi connectivity index (χ2n) is 11.2. The maximum atomic E-state index is 12.1. The van der Waals surface area contributed by atoms with Crippen LogP contribution in [0, 0.1) is 0 Å². The molecule has 0 fully saturated rings. The van der Waals surface area contributed by atoms with Crippen molar-refractivity contribution in [1.82, 2.24) is 0 Å². The Balaban J connectivity index is 3.84. The van der Waals surface area contributed by atoms with Gasteiger partial charge in [0, 0.05) is 12.8 Å². The number of esters is 2. The summed E-state index contributed by atoms with van der Waals surface area (Å²) >= 11 is 0. The molecule has 266 valence electrons. The minimum atomic E-state index is -0.837. The van der Waals surface area contributed by atoms with Crippen LogP contribution in [0.25, 0.3) is 0 Å². The fourth-order valence-electron chi connectivity index (χ4n) is 4.10. The second-order valence-corrected chi connectivity index (χ2v) is 11.2. The standard InChI is InChI=1S/C43H64O5/c1-3-5-7-9-11-13-15-17-19-20-21-22-24-26-28-30-32-34-36-38-43(46)48-41(39-44)40-47-42(45)37-35-33-31-29-27-25-23-18-16-14-12-10-8-6-4-2/h5-8,11-14,17-19,21-23,26-29,32,34,41,44H,3-4,9-10,15-16,20,24-25,30-31,33,35-40H2,1-2H3/b7-5+,8-6+,13-11+,14-12+,19-17+,22-21+,23-18+,28-26+,29-27+,34-32+/t41-/m0/s1.